The third-order valence-electron chi connectivity index (χ3n) is 8.36. The monoisotopic (exact) mass is 743 g/mol. The summed E-state index contributed by atoms with van der Waals surface area (Å²) in [4.78, 5) is 65.6. The van der Waals surface area contributed by atoms with Crippen molar-refractivity contribution < 1.29 is 38.4 Å². The van der Waals surface area contributed by atoms with Gasteiger partial charge in [0.1, 0.15) is 24.2 Å². The maximum atomic E-state index is 13.3. The molecule has 3 rings (SSSR count). The molecule has 0 spiro atoms. The van der Waals surface area contributed by atoms with Crippen LogP contribution >= 0.6 is 11.6 Å². The normalized spacial score (nSPS) is 16.8. The average molecular weight is 744 g/mol. The summed E-state index contributed by atoms with van der Waals surface area (Å²) in [7, 11) is -0.666. The zero-order valence-corrected chi connectivity index (χ0v) is 30.8. The number of carbonyl (C=O) groups excluding carboxylic acids is 5. The van der Waals surface area contributed by atoms with Crippen molar-refractivity contribution in [2.45, 2.75) is 83.2 Å². The second-order valence-corrected chi connectivity index (χ2v) is 13.2. The molecular formula is C35H51BClN7O8. The number of halogens is 1. The highest BCUT2D eigenvalue weighted by Gasteiger charge is 2.33. The van der Waals surface area contributed by atoms with Crippen molar-refractivity contribution >= 4 is 48.3 Å². The van der Waals surface area contributed by atoms with Gasteiger partial charge in [-0.1, -0.05) is 35.9 Å². The van der Waals surface area contributed by atoms with Crippen LogP contribution in [0, 0.1) is 0 Å². The second kappa shape index (κ2) is 21.5. The Bertz CT molecular complexity index is 1480. The van der Waals surface area contributed by atoms with Crippen LogP contribution in [0.15, 0.2) is 48.5 Å². The molecule has 5 amide bonds. The molecule has 52 heavy (non-hydrogen) atoms. The van der Waals surface area contributed by atoms with E-state index in [0.29, 0.717) is 62.7 Å². The molecule has 2 aromatic rings. The van der Waals surface area contributed by atoms with E-state index >= 15 is 0 Å². The van der Waals surface area contributed by atoms with Gasteiger partial charge in [-0.2, -0.15) is 0 Å². The van der Waals surface area contributed by atoms with Crippen LogP contribution in [0.2, 0.25) is 5.02 Å². The zero-order valence-electron chi connectivity index (χ0n) is 30.1. The molecule has 0 saturated carbocycles. The zero-order chi connectivity index (χ0) is 38.2. The van der Waals surface area contributed by atoms with Gasteiger partial charge in [-0.3, -0.25) is 24.0 Å². The predicted octanol–water partition coefficient (Wildman–Crippen LogP) is 0.278. The molecule has 0 aromatic heterocycles. The highest BCUT2D eigenvalue weighted by Crippen LogP contribution is 2.22. The van der Waals surface area contributed by atoms with Gasteiger partial charge in [-0.05, 0) is 88.9 Å². The third-order valence-corrected chi connectivity index (χ3v) is 8.61. The van der Waals surface area contributed by atoms with Crippen LogP contribution in [-0.2, 0) is 28.5 Å². The number of hydrogen-bond acceptors (Lipinski definition) is 10. The Morgan fingerprint density at radius 2 is 1.33 bits per heavy atom. The van der Waals surface area contributed by atoms with Gasteiger partial charge < -0.3 is 52.0 Å². The minimum Gasteiger partial charge on any atom is -0.409 e. The van der Waals surface area contributed by atoms with Crippen LogP contribution in [0.25, 0.3) is 11.1 Å². The molecule has 1 saturated heterocycles. The van der Waals surface area contributed by atoms with E-state index in [4.69, 9.17) is 26.6 Å². The molecule has 1 aliphatic rings. The summed E-state index contributed by atoms with van der Waals surface area (Å²) in [5.74, 6) is -3.71. The van der Waals surface area contributed by atoms with Gasteiger partial charge in [0.25, 0.3) is 5.91 Å². The molecule has 17 heteroatoms. The summed E-state index contributed by atoms with van der Waals surface area (Å²) in [6.45, 7) is 8.43. The lowest BCUT2D eigenvalue weighted by Crippen LogP contribution is -2.60. The number of amides is 5. The summed E-state index contributed by atoms with van der Waals surface area (Å²) in [5.41, 5.74) is 7.74. The fourth-order valence-electron chi connectivity index (χ4n) is 5.26. The SMILES string of the molecule is CC(NC(=O)C(CCCCN)NC(=O)C(C)NC(=O)C(NC(=O)C(C)NC(=O)c1ccc(-c2ccc(Cl)cc2)cc1)C(C)O)B1OCCNCCO1. The van der Waals surface area contributed by atoms with Crippen LogP contribution < -0.4 is 37.6 Å². The van der Waals surface area contributed by atoms with Crippen molar-refractivity contribution in [1.29, 1.82) is 0 Å². The number of hydrogen-bond donors (Lipinski definition) is 8. The smallest absolute Gasteiger partial charge is 0.409 e. The van der Waals surface area contributed by atoms with Gasteiger partial charge in [0, 0.05) is 36.9 Å². The van der Waals surface area contributed by atoms with E-state index < -0.39 is 72.9 Å². The first-order chi connectivity index (χ1) is 24.8. The van der Waals surface area contributed by atoms with Gasteiger partial charge >= 0.3 is 7.12 Å². The van der Waals surface area contributed by atoms with E-state index in [9.17, 15) is 29.1 Å². The molecule has 0 radical (unpaired) electrons. The molecule has 2 aromatic carbocycles. The Morgan fingerprint density at radius 3 is 1.90 bits per heavy atom. The fourth-order valence-corrected chi connectivity index (χ4v) is 5.39. The number of nitrogens with one attached hydrogen (secondary N) is 6. The lowest BCUT2D eigenvalue weighted by Gasteiger charge is -2.27. The Hall–Kier alpha value is -4.06. The number of unbranched alkanes of at least 4 members (excludes halogenated alkanes) is 1. The number of nitrogens with two attached hydrogens (primary N) is 1. The van der Waals surface area contributed by atoms with Gasteiger partial charge in [0.05, 0.1) is 12.0 Å². The van der Waals surface area contributed by atoms with Crippen molar-refractivity contribution in [1.82, 2.24) is 31.9 Å². The summed E-state index contributed by atoms with van der Waals surface area (Å²) in [5, 5.41) is 27.2. The first-order valence-electron chi connectivity index (χ1n) is 17.5. The van der Waals surface area contributed by atoms with E-state index in [2.05, 4.69) is 31.9 Å². The standard InChI is InChI=1S/C35H51BClN7O8/c1-21(31(46)43-29(7-5-6-16-38)34(49)42-24(4)36-51-19-17-39-18-20-52-36)41-35(50)30(23(3)45)44-32(47)22(2)40-33(48)27-10-8-25(9-11-27)26-12-14-28(37)15-13-26/h8-15,21-24,29-30,39,45H,5-7,16-20,38H2,1-4H3,(H,40,48)(H,41,50)(H,42,49)(H,43,46)(H,44,47). The number of aliphatic hydroxyl groups is 1. The molecule has 9 N–H and O–H groups in total. The van der Waals surface area contributed by atoms with Gasteiger partial charge in [-0.15, -0.1) is 0 Å². The minimum absolute atomic E-state index is 0.293. The lowest BCUT2D eigenvalue weighted by atomic mass is 9.79. The molecule has 1 fully saturated rings. The maximum absolute atomic E-state index is 13.3. The highest BCUT2D eigenvalue weighted by atomic mass is 35.5. The van der Waals surface area contributed by atoms with Crippen molar-refractivity contribution in [3.63, 3.8) is 0 Å². The van der Waals surface area contributed by atoms with Crippen molar-refractivity contribution in [2.75, 3.05) is 32.8 Å². The van der Waals surface area contributed by atoms with E-state index in [1.165, 1.54) is 20.8 Å². The predicted molar refractivity (Wildman–Crippen MR) is 198 cm³/mol. The first kappa shape index (κ1) is 42.4. The number of aliphatic hydroxyl groups excluding tert-OH is 1. The molecule has 0 bridgehead atoms. The molecule has 6 unspecified atom stereocenters. The lowest BCUT2D eigenvalue weighted by molar-refractivity contribution is -0.135. The van der Waals surface area contributed by atoms with Crippen LogP contribution in [-0.4, -0.2) is 111 Å². The molecule has 1 aliphatic heterocycles. The molecule has 284 valence electrons. The van der Waals surface area contributed by atoms with E-state index in [1.807, 2.05) is 12.1 Å². The summed E-state index contributed by atoms with van der Waals surface area (Å²) in [6, 6.07) is 9.40. The van der Waals surface area contributed by atoms with Crippen molar-refractivity contribution in [2.24, 2.45) is 5.73 Å². The van der Waals surface area contributed by atoms with Crippen LogP contribution in [0.1, 0.15) is 57.3 Å². The second-order valence-electron chi connectivity index (χ2n) is 12.7. The van der Waals surface area contributed by atoms with Crippen LogP contribution in [0.5, 0.6) is 0 Å². The highest BCUT2D eigenvalue weighted by molar-refractivity contribution is 6.46. The molecule has 0 aliphatic carbocycles. The Kier molecular flexibility index (Phi) is 17.5. The first-order valence-corrected chi connectivity index (χ1v) is 17.9. The van der Waals surface area contributed by atoms with Gasteiger partial charge in [-0.25, -0.2) is 0 Å². The van der Waals surface area contributed by atoms with E-state index in [1.54, 1.807) is 43.3 Å². The number of carbonyl (C=O) groups is 5. The number of rotatable bonds is 17. The van der Waals surface area contributed by atoms with Gasteiger partial charge in [0.2, 0.25) is 23.6 Å². The Balaban J connectivity index is 1.55. The van der Waals surface area contributed by atoms with Crippen molar-refractivity contribution in [3.05, 3.63) is 59.1 Å². The quantitative estimate of drug-likeness (QED) is 0.0817. The Labute approximate surface area is 310 Å². The summed E-state index contributed by atoms with van der Waals surface area (Å²) >= 11 is 5.96. The topological polar surface area (TPSA) is 222 Å². The molecule has 1 heterocycles. The van der Waals surface area contributed by atoms with Crippen LogP contribution in [0.4, 0.5) is 0 Å². The third kappa shape index (κ3) is 13.5. The maximum Gasteiger partial charge on any atom is 0.480 e. The molecule has 15 nitrogen and oxygen atoms in total. The fraction of sp³-hybridized carbons (Fsp3) is 0.514. The van der Waals surface area contributed by atoms with Gasteiger partial charge in [0.15, 0.2) is 0 Å². The average Bonchev–Trinajstić information content (AvgIpc) is 3.09. The largest absolute Gasteiger partial charge is 0.480 e. The minimum atomic E-state index is -1.45. The van der Waals surface area contributed by atoms with E-state index in [-0.39, 0.29) is 0 Å². The summed E-state index contributed by atoms with van der Waals surface area (Å²) < 4.78 is 11.4. The van der Waals surface area contributed by atoms with E-state index in [0.717, 1.165) is 11.1 Å². The Morgan fingerprint density at radius 1 is 0.769 bits per heavy atom. The number of benzene rings is 2. The van der Waals surface area contributed by atoms with Crippen LogP contribution in [0.3, 0.4) is 0 Å². The molecule has 6 atom stereocenters. The van der Waals surface area contributed by atoms with Crippen molar-refractivity contribution in [3.8, 4) is 11.1 Å². The summed E-state index contributed by atoms with van der Waals surface area (Å²) in [6.07, 6.45) is 0.133. The molecular weight excluding hydrogens is 693 g/mol.